The lowest BCUT2D eigenvalue weighted by Crippen LogP contribution is -2.48. The normalized spacial score (nSPS) is 15.2. The third-order valence-electron chi connectivity index (χ3n) is 5.48. The summed E-state index contributed by atoms with van der Waals surface area (Å²) in [4.78, 5) is 25.1. The second-order valence-electron chi connectivity index (χ2n) is 8.31. The number of hydrazine groups is 1. The smallest absolute Gasteiger partial charge is 0.269 e. The Bertz CT molecular complexity index is 1130. The highest BCUT2D eigenvalue weighted by atomic mass is 32.2. The van der Waals surface area contributed by atoms with Gasteiger partial charge in [-0.2, -0.15) is 4.31 Å². The van der Waals surface area contributed by atoms with Gasteiger partial charge < -0.3 is 14.0 Å². The number of nitrogens with zero attached hydrogens (tertiary/aromatic N) is 2. The number of aromatic nitrogens is 1. The van der Waals surface area contributed by atoms with Crippen molar-refractivity contribution in [2.75, 3.05) is 20.2 Å². The number of amides is 2. The van der Waals surface area contributed by atoms with Gasteiger partial charge in [-0.3, -0.25) is 20.4 Å². The zero-order chi connectivity index (χ0) is 25.0. The van der Waals surface area contributed by atoms with E-state index >= 15 is 0 Å². The van der Waals surface area contributed by atoms with Gasteiger partial charge in [0.1, 0.15) is 10.6 Å². The molecule has 0 spiro atoms. The number of hydrogen-bond donors (Lipinski definition) is 2. The van der Waals surface area contributed by atoms with E-state index in [1.54, 1.807) is 26.0 Å². The van der Waals surface area contributed by atoms with Gasteiger partial charge in [-0.15, -0.1) is 0 Å². The first-order valence-corrected chi connectivity index (χ1v) is 12.4. The number of sulfonamides is 1. The number of hydrogen-bond acceptors (Lipinski definition) is 8. The van der Waals surface area contributed by atoms with Gasteiger partial charge in [-0.05, 0) is 58.7 Å². The van der Waals surface area contributed by atoms with Gasteiger partial charge in [0.25, 0.3) is 5.91 Å². The Morgan fingerprint density at radius 2 is 1.82 bits per heavy atom. The van der Waals surface area contributed by atoms with Crippen LogP contribution in [0.4, 0.5) is 0 Å². The number of ether oxygens (including phenoxy) is 2. The van der Waals surface area contributed by atoms with Gasteiger partial charge in [0.15, 0.2) is 17.3 Å². The first-order valence-electron chi connectivity index (χ1n) is 10.9. The predicted octanol–water partition coefficient (Wildman–Crippen LogP) is 1.95. The second kappa shape index (κ2) is 10.4. The Labute approximate surface area is 198 Å². The summed E-state index contributed by atoms with van der Waals surface area (Å²) in [5, 5.41) is 3.71. The standard InChI is InChI=1S/C22H30N4O7S/c1-13(2)32-18-7-6-17(12-19(18)31-5)22(28)24-23-21(27)16-8-10-26(11-9-16)34(29,30)20-14(3)25-33-15(20)4/h6-7,12-13,16H,8-11H2,1-5H3,(H,23,27)(H,24,28). The molecule has 3 rings (SSSR count). The zero-order valence-corrected chi connectivity index (χ0v) is 20.7. The first-order chi connectivity index (χ1) is 16.0. The summed E-state index contributed by atoms with van der Waals surface area (Å²) < 4.78 is 43.1. The van der Waals surface area contributed by atoms with Crippen molar-refractivity contribution in [3.05, 3.63) is 35.2 Å². The molecule has 1 aliphatic rings. The summed E-state index contributed by atoms with van der Waals surface area (Å²) in [6, 6.07) is 4.72. The molecule has 2 amide bonds. The van der Waals surface area contributed by atoms with Gasteiger partial charge in [0.2, 0.25) is 15.9 Å². The van der Waals surface area contributed by atoms with Gasteiger partial charge >= 0.3 is 0 Å². The third-order valence-corrected chi connectivity index (χ3v) is 7.62. The molecule has 1 saturated heterocycles. The van der Waals surface area contributed by atoms with Crippen LogP contribution in [0.5, 0.6) is 11.5 Å². The number of benzene rings is 1. The number of methoxy groups -OCH3 is 1. The highest BCUT2D eigenvalue weighted by molar-refractivity contribution is 7.89. The molecule has 186 valence electrons. The van der Waals surface area contributed by atoms with Crippen LogP contribution in [0.25, 0.3) is 0 Å². The van der Waals surface area contributed by atoms with E-state index in [4.69, 9.17) is 14.0 Å². The van der Waals surface area contributed by atoms with Gasteiger partial charge in [-0.25, -0.2) is 8.42 Å². The Morgan fingerprint density at radius 1 is 1.15 bits per heavy atom. The number of aryl methyl sites for hydroxylation is 2. The van der Waals surface area contributed by atoms with Crippen LogP contribution in [0.15, 0.2) is 27.6 Å². The topological polar surface area (TPSA) is 140 Å². The average Bonchev–Trinajstić information content (AvgIpc) is 3.15. The molecule has 11 nitrogen and oxygen atoms in total. The molecule has 12 heteroatoms. The number of carbonyl (C=O) groups is 2. The van der Waals surface area contributed by atoms with Gasteiger partial charge in [-0.1, -0.05) is 5.16 Å². The van der Waals surface area contributed by atoms with Gasteiger partial charge in [0, 0.05) is 24.6 Å². The summed E-state index contributed by atoms with van der Waals surface area (Å²) in [7, 11) is -2.28. The van der Waals surface area contributed by atoms with Crippen LogP contribution in [-0.2, 0) is 14.8 Å². The van der Waals surface area contributed by atoms with Crippen LogP contribution >= 0.6 is 0 Å². The van der Waals surface area contributed by atoms with Crippen molar-refractivity contribution < 1.29 is 32.0 Å². The summed E-state index contributed by atoms with van der Waals surface area (Å²) in [6.07, 6.45) is 0.581. The molecule has 34 heavy (non-hydrogen) atoms. The highest BCUT2D eigenvalue weighted by Crippen LogP contribution is 2.29. The van der Waals surface area contributed by atoms with E-state index in [0.29, 0.717) is 30.0 Å². The van der Waals surface area contributed by atoms with Crippen molar-refractivity contribution in [3.63, 3.8) is 0 Å². The van der Waals surface area contributed by atoms with Crippen LogP contribution in [-0.4, -0.2) is 56.0 Å². The van der Waals surface area contributed by atoms with E-state index in [-0.39, 0.29) is 41.3 Å². The highest BCUT2D eigenvalue weighted by Gasteiger charge is 2.35. The minimum absolute atomic E-state index is 0.0568. The first kappa shape index (κ1) is 25.5. The Kier molecular flexibility index (Phi) is 7.82. The largest absolute Gasteiger partial charge is 0.493 e. The number of carbonyl (C=O) groups excluding carboxylic acids is 2. The van der Waals surface area contributed by atoms with Crippen LogP contribution in [0.1, 0.15) is 48.5 Å². The van der Waals surface area contributed by atoms with E-state index in [9.17, 15) is 18.0 Å². The van der Waals surface area contributed by atoms with E-state index in [2.05, 4.69) is 16.0 Å². The third kappa shape index (κ3) is 5.50. The maximum absolute atomic E-state index is 12.9. The molecule has 0 radical (unpaired) electrons. The zero-order valence-electron chi connectivity index (χ0n) is 19.9. The van der Waals surface area contributed by atoms with E-state index in [0.717, 1.165) is 0 Å². The van der Waals surface area contributed by atoms with Crippen LogP contribution in [0.3, 0.4) is 0 Å². The summed E-state index contributed by atoms with van der Waals surface area (Å²) >= 11 is 0. The molecular weight excluding hydrogens is 464 g/mol. The molecule has 2 N–H and O–H groups in total. The second-order valence-corrected chi connectivity index (χ2v) is 10.2. The van der Waals surface area contributed by atoms with Crippen molar-refractivity contribution in [2.45, 2.75) is 51.5 Å². The quantitative estimate of drug-likeness (QED) is 0.557. The maximum Gasteiger partial charge on any atom is 0.269 e. The molecule has 2 aromatic rings. The van der Waals surface area contributed by atoms with E-state index in [1.807, 2.05) is 13.8 Å². The molecule has 1 fully saturated rings. The van der Waals surface area contributed by atoms with Crippen LogP contribution in [0.2, 0.25) is 0 Å². The van der Waals surface area contributed by atoms with E-state index < -0.39 is 21.8 Å². The van der Waals surface area contributed by atoms with Crippen LogP contribution in [0, 0.1) is 19.8 Å². The molecule has 1 aliphatic heterocycles. The van der Waals surface area contributed by atoms with E-state index in [1.165, 1.54) is 17.5 Å². The van der Waals surface area contributed by atoms with Crippen molar-refractivity contribution in [1.82, 2.24) is 20.3 Å². The Balaban J connectivity index is 1.55. The fourth-order valence-electron chi connectivity index (χ4n) is 3.78. The number of rotatable bonds is 7. The molecule has 0 saturated carbocycles. The Morgan fingerprint density at radius 3 is 2.38 bits per heavy atom. The van der Waals surface area contributed by atoms with Crippen molar-refractivity contribution in [1.29, 1.82) is 0 Å². The SMILES string of the molecule is COc1cc(C(=O)NNC(=O)C2CCN(S(=O)(=O)c3c(C)noc3C)CC2)ccc1OC(C)C. The monoisotopic (exact) mass is 494 g/mol. The Hall–Kier alpha value is -3.12. The van der Waals surface area contributed by atoms with Crippen LogP contribution < -0.4 is 20.3 Å². The molecule has 0 unspecified atom stereocenters. The molecule has 1 aromatic carbocycles. The number of piperidine rings is 1. The van der Waals surface area contributed by atoms with Gasteiger partial charge in [0.05, 0.1) is 13.2 Å². The minimum Gasteiger partial charge on any atom is -0.493 e. The summed E-state index contributed by atoms with van der Waals surface area (Å²) in [6.45, 7) is 7.24. The van der Waals surface area contributed by atoms with Crippen molar-refractivity contribution in [3.8, 4) is 11.5 Å². The lowest BCUT2D eigenvalue weighted by Gasteiger charge is -2.30. The molecule has 1 aromatic heterocycles. The fraction of sp³-hybridized carbons (Fsp3) is 0.500. The van der Waals surface area contributed by atoms with Crippen molar-refractivity contribution >= 4 is 21.8 Å². The molecule has 2 heterocycles. The van der Waals surface area contributed by atoms with Crippen molar-refractivity contribution in [2.24, 2.45) is 5.92 Å². The average molecular weight is 495 g/mol. The number of nitrogens with one attached hydrogen (secondary N) is 2. The molecular formula is C22H30N4O7S. The minimum atomic E-state index is -3.76. The fourth-order valence-corrected chi connectivity index (χ4v) is 5.54. The molecule has 0 aliphatic carbocycles. The lowest BCUT2D eigenvalue weighted by molar-refractivity contribution is -0.126. The maximum atomic E-state index is 12.9. The summed E-state index contributed by atoms with van der Waals surface area (Å²) in [5.41, 5.74) is 5.42. The predicted molar refractivity (Wildman–Crippen MR) is 122 cm³/mol. The molecule has 0 atom stereocenters. The lowest BCUT2D eigenvalue weighted by atomic mass is 9.98. The molecule has 0 bridgehead atoms. The summed E-state index contributed by atoms with van der Waals surface area (Å²) in [5.74, 6) is -0.181.